The zero-order chi connectivity index (χ0) is 16.7. The van der Waals surface area contributed by atoms with Crippen molar-refractivity contribution in [1.82, 2.24) is 0 Å². The first-order chi connectivity index (χ1) is 10.8. The van der Waals surface area contributed by atoms with Crippen molar-refractivity contribution in [2.45, 2.75) is 117 Å². The van der Waals surface area contributed by atoms with Crippen LogP contribution in [0, 0.1) is 0 Å². The molecule has 0 aliphatic heterocycles. The van der Waals surface area contributed by atoms with Crippen LogP contribution in [0.3, 0.4) is 0 Å². The minimum Gasteiger partial charge on any atom is -0.854 e. The molecule has 0 bridgehead atoms. The molecule has 23 heavy (non-hydrogen) atoms. The van der Waals surface area contributed by atoms with Crippen LogP contribution in [0.2, 0.25) is 0 Å². The molecule has 0 N–H and O–H groups in total. The molecule has 0 fully saturated rings. The van der Waals surface area contributed by atoms with Gasteiger partial charge in [-0.25, -0.2) is 0 Å². The van der Waals surface area contributed by atoms with Crippen molar-refractivity contribution in [2.24, 2.45) is 0 Å². The first-order valence-corrected chi connectivity index (χ1v) is 9.99. The van der Waals surface area contributed by atoms with E-state index in [4.69, 9.17) is 0 Å². The molecule has 0 saturated carbocycles. The van der Waals surface area contributed by atoms with Gasteiger partial charge in [-0.15, -0.1) is 13.2 Å². The third-order valence-electron chi connectivity index (χ3n) is 4.00. The number of hydrogen-bond acceptors (Lipinski definition) is 2. The van der Waals surface area contributed by atoms with Crippen molar-refractivity contribution in [3.05, 3.63) is 0 Å². The summed E-state index contributed by atoms with van der Waals surface area (Å²) in [5.41, 5.74) is 0. The second kappa shape index (κ2) is 31.0. The monoisotopic (exact) mass is 354 g/mol. The number of rotatable bonds is 16. The zero-order valence-corrected chi connectivity index (χ0v) is 18.5. The van der Waals surface area contributed by atoms with E-state index in [1.807, 2.05) is 0 Å². The van der Waals surface area contributed by atoms with Crippen LogP contribution in [-0.4, -0.2) is 51.0 Å². The van der Waals surface area contributed by atoms with Crippen LogP contribution < -0.4 is 10.2 Å². The van der Waals surface area contributed by atoms with Crippen molar-refractivity contribution >= 4 is 37.7 Å². The molecule has 0 unspecified atom stereocenters. The van der Waals surface area contributed by atoms with Crippen molar-refractivity contribution in [2.75, 3.05) is 13.2 Å². The molecular formula is C20H42CaO2. The van der Waals surface area contributed by atoms with E-state index in [1.165, 1.54) is 77.0 Å². The maximum Gasteiger partial charge on any atom is 2.00 e. The summed E-state index contributed by atoms with van der Waals surface area (Å²) in [4.78, 5) is 0. The second-order valence-corrected chi connectivity index (χ2v) is 6.36. The van der Waals surface area contributed by atoms with E-state index in [-0.39, 0.29) is 51.0 Å². The van der Waals surface area contributed by atoms with Crippen LogP contribution in [0.5, 0.6) is 0 Å². The van der Waals surface area contributed by atoms with Gasteiger partial charge in [0.1, 0.15) is 0 Å². The summed E-state index contributed by atoms with van der Waals surface area (Å²) >= 11 is 0. The van der Waals surface area contributed by atoms with E-state index < -0.39 is 0 Å². The molecule has 0 aliphatic carbocycles. The molecule has 0 atom stereocenters. The molecule has 2 nitrogen and oxygen atoms in total. The Morgan fingerprint density at radius 3 is 0.826 bits per heavy atom. The Bertz CT molecular complexity index is 132. The van der Waals surface area contributed by atoms with Gasteiger partial charge in [-0.05, 0) is 0 Å². The zero-order valence-electron chi connectivity index (χ0n) is 16.3. The third kappa shape index (κ3) is 35.2. The smallest absolute Gasteiger partial charge is 0.854 e. The fraction of sp³-hybridized carbons (Fsp3) is 1.00. The van der Waals surface area contributed by atoms with Crippen molar-refractivity contribution in [1.29, 1.82) is 0 Å². The number of hydrogen-bond donors (Lipinski definition) is 0. The summed E-state index contributed by atoms with van der Waals surface area (Å²) in [5.74, 6) is 0. The van der Waals surface area contributed by atoms with Gasteiger partial charge in [0.05, 0.1) is 0 Å². The van der Waals surface area contributed by atoms with Gasteiger partial charge in [0, 0.05) is 0 Å². The first kappa shape index (κ1) is 29.0. The summed E-state index contributed by atoms with van der Waals surface area (Å²) in [7, 11) is 0. The predicted molar refractivity (Wildman–Crippen MR) is 101 cm³/mol. The van der Waals surface area contributed by atoms with E-state index in [2.05, 4.69) is 13.8 Å². The quantitative estimate of drug-likeness (QED) is 0.300. The van der Waals surface area contributed by atoms with Gasteiger partial charge in [-0.1, -0.05) is 117 Å². The van der Waals surface area contributed by atoms with E-state index in [1.54, 1.807) is 0 Å². The van der Waals surface area contributed by atoms with Crippen LogP contribution in [0.1, 0.15) is 117 Å². The maximum absolute atomic E-state index is 10.1. The minimum atomic E-state index is 0. The van der Waals surface area contributed by atoms with Gasteiger partial charge in [0.15, 0.2) is 0 Å². The Hall–Kier alpha value is 1.18. The Kier molecular flexibility index (Phi) is 39.0. The molecular weight excluding hydrogens is 312 g/mol. The fourth-order valence-corrected chi connectivity index (χ4v) is 2.47. The Labute approximate surface area is 176 Å². The topological polar surface area (TPSA) is 46.1 Å². The molecule has 136 valence electrons. The standard InChI is InChI=1S/2C10H21O.Ca/c2*1-2-3-4-5-6-7-8-9-10-11;/h2*2-10H2,1H3;/q2*-1;+2. The van der Waals surface area contributed by atoms with Crippen LogP contribution in [-0.2, 0) is 0 Å². The molecule has 0 rings (SSSR count). The van der Waals surface area contributed by atoms with Gasteiger partial charge in [-0.2, -0.15) is 0 Å². The first-order valence-electron chi connectivity index (χ1n) is 9.99. The molecule has 0 aromatic rings. The summed E-state index contributed by atoms with van der Waals surface area (Å²) in [6.07, 6.45) is 20.2. The van der Waals surface area contributed by atoms with Crippen LogP contribution in [0.4, 0.5) is 0 Å². The summed E-state index contributed by atoms with van der Waals surface area (Å²) < 4.78 is 0. The number of unbranched alkanes of at least 4 members (excludes halogenated alkanes) is 14. The maximum atomic E-state index is 10.1. The molecule has 0 saturated heterocycles. The molecule has 0 aromatic heterocycles. The molecule has 0 radical (unpaired) electrons. The van der Waals surface area contributed by atoms with Gasteiger partial charge < -0.3 is 10.2 Å². The molecule has 0 aromatic carbocycles. The van der Waals surface area contributed by atoms with Crippen LogP contribution >= 0.6 is 0 Å². The van der Waals surface area contributed by atoms with E-state index in [9.17, 15) is 10.2 Å². The van der Waals surface area contributed by atoms with E-state index >= 15 is 0 Å². The Balaban J connectivity index is -0.000000333. The average molecular weight is 355 g/mol. The second-order valence-electron chi connectivity index (χ2n) is 6.36. The molecule has 3 heteroatoms. The SMILES string of the molecule is CCCCCCCCCC[O-].CCCCCCCCCC[O-].[Ca+2]. The van der Waals surface area contributed by atoms with Gasteiger partial charge >= 0.3 is 37.7 Å². The minimum absolute atomic E-state index is 0. The molecule has 0 aliphatic rings. The van der Waals surface area contributed by atoms with Crippen molar-refractivity contribution < 1.29 is 10.2 Å². The van der Waals surface area contributed by atoms with Gasteiger partial charge in [0.2, 0.25) is 0 Å². The van der Waals surface area contributed by atoms with Crippen molar-refractivity contribution in [3.8, 4) is 0 Å². The van der Waals surface area contributed by atoms with Crippen LogP contribution in [0.15, 0.2) is 0 Å². The Morgan fingerprint density at radius 2 is 0.609 bits per heavy atom. The molecule has 0 amide bonds. The molecule has 0 heterocycles. The van der Waals surface area contributed by atoms with Gasteiger partial charge in [-0.3, -0.25) is 0 Å². The normalized spacial score (nSPS) is 9.91. The third-order valence-corrected chi connectivity index (χ3v) is 4.00. The van der Waals surface area contributed by atoms with Crippen LogP contribution in [0.25, 0.3) is 0 Å². The summed E-state index contributed by atoms with van der Waals surface area (Å²) in [6.45, 7) is 4.71. The predicted octanol–water partition coefficient (Wildman–Crippen LogP) is 4.59. The average Bonchev–Trinajstić information content (AvgIpc) is 2.54. The largest absolute Gasteiger partial charge is 2.00 e. The Morgan fingerprint density at radius 1 is 0.391 bits per heavy atom. The summed E-state index contributed by atoms with van der Waals surface area (Å²) in [5, 5.41) is 20.1. The van der Waals surface area contributed by atoms with E-state index in [0.29, 0.717) is 0 Å². The van der Waals surface area contributed by atoms with E-state index in [0.717, 1.165) is 25.7 Å². The van der Waals surface area contributed by atoms with Crippen molar-refractivity contribution in [3.63, 3.8) is 0 Å². The fourth-order valence-electron chi connectivity index (χ4n) is 2.47. The summed E-state index contributed by atoms with van der Waals surface area (Å²) in [6, 6.07) is 0. The molecule has 0 spiro atoms. The van der Waals surface area contributed by atoms with Gasteiger partial charge in [0.25, 0.3) is 0 Å².